The van der Waals surface area contributed by atoms with Gasteiger partial charge in [0.25, 0.3) is 0 Å². The third-order valence-electron chi connectivity index (χ3n) is 3.32. The van der Waals surface area contributed by atoms with E-state index < -0.39 is 0 Å². The van der Waals surface area contributed by atoms with Crippen molar-refractivity contribution >= 4 is 0 Å². The molecule has 100 valence electrons. The van der Waals surface area contributed by atoms with Gasteiger partial charge in [-0.1, -0.05) is 36.4 Å². The molecule has 0 amide bonds. The van der Waals surface area contributed by atoms with E-state index in [1.807, 2.05) is 31.3 Å². The maximum atomic E-state index is 13.4. The van der Waals surface area contributed by atoms with E-state index in [1.54, 1.807) is 6.92 Å². The average molecular weight is 258 g/mol. The number of hydrogen-bond donors (Lipinski definition) is 2. The fourth-order valence-electron chi connectivity index (χ4n) is 2.27. The summed E-state index contributed by atoms with van der Waals surface area (Å²) >= 11 is 0. The molecule has 2 rings (SSSR count). The van der Waals surface area contributed by atoms with Crippen molar-refractivity contribution in [1.82, 2.24) is 5.32 Å². The van der Waals surface area contributed by atoms with Gasteiger partial charge in [-0.05, 0) is 42.3 Å². The summed E-state index contributed by atoms with van der Waals surface area (Å²) in [5, 5.41) is 3.27. The fourth-order valence-corrected chi connectivity index (χ4v) is 2.27. The predicted octanol–water partition coefficient (Wildman–Crippen LogP) is 2.90. The second kappa shape index (κ2) is 5.95. The standard InChI is InChI=1S/C16H19FN2/c1-11-8-14(6-7-15(11)17)16(19-2)13-5-3-4-12(9-13)10-18/h3-9,16,19H,10,18H2,1-2H3. The summed E-state index contributed by atoms with van der Waals surface area (Å²) in [4.78, 5) is 0. The van der Waals surface area contributed by atoms with Gasteiger partial charge in [0.1, 0.15) is 5.82 Å². The highest BCUT2D eigenvalue weighted by atomic mass is 19.1. The van der Waals surface area contributed by atoms with Crippen LogP contribution in [-0.4, -0.2) is 7.05 Å². The molecule has 0 fully saturated rings. The molecule has 3 heteroatoms. The first-order valence-electron chi connectivity index (χ1n) is 6.38. The third kappa shape index (κ3) is 3.00. The SMILES string of the molecule is CNC(c1cccc(CN)c1)c1ccc(F)c(C)c1. The van der Waals surface area contributed by atoms with E-state index in [9.17, 15) is 4.39 Å². The van der Waals surface area contributed by atoms with Crippen molar-refractivity contribution in [3.63, 3.8) is 0 Å². The van der Waals surface area contributed by atoms with Gasteiger partial charge >= 0.3 is 0 Å². The van der Waals surface area contributed by atoms with Crippen LogP contribution in [0.4, 0.5) is 4.39 Å². The minimum Gasteiger partial charge on any atom is -0.326 e. The minimum atomic E-state index is -0.172. The van der Waals surface area contributed by atoms with Crippen LogP contribution in [0, 0.1) is 12.7 Å². The summed E-state index contributed by atoms with van der Waals surface area (Å²) in [6, 6.07) is 13.4. The van der Waals surface area contributed by atoms with E-state index in [2.05, 4.69) is 17.4 Å². The zero-order valence-electron chi connectivity index (χ0n) is 11.3. The van der Waals surface area contributed by atoms with Crippen molar-refractivity contribution in [1.29, 1.82) is 0 Å². The highest BCUT2D eigenvalue weighted by Crippen LogP contribution is 2.24. The predicted molar refractivity (Wildman–Crippen MR) is 76.4 cm³/mol. The number of nitrogens with two attached hydrogens (primary N) is 1. The van der Waals surface area contributed by atoms with Crippen LogP contribution in [0.15, 0.2) is 42.5 Å². The van der Waals surface area contributed by atoms with E-state index in [0.29, 0.717) is 12.1 Å². The minimum absolute atomic E-state index is 0.0470. The number of nitrogens with one attached hydrogen (secondary N) is 1. The van der Waals surface area contributed by atoms with Crippen LogP contribution in [0.3, 0.4) is 0 Å². The monoisotopic (exact) mass is 258 g/mol. The molecule has 0 aliphatic rings. The smallest absolute Gasteiger partial charge is 0.126 e. The first kappa shape index (κ1) is 13.7. The molecule has 3 N–H and O–H groups in total. The van der Waals surface area contributed by atoms with Gasteiger partial charge < -0.3 is 11.1 Å². The highest BCUT2D eigenvalue weighted by molar-refractivity contribution is 5.36. The molecule has 2 aromatic rings. The molecule has 0 heterocycles. The largest absolute Gasteiger partial charge is 0.326 e. The van der Waals surface area contributed by atoms with Gasteiger partial charge in [0.2, 0.25) is 0 Å². The lowest BCUT2D eigenvalue weighted by molar-refractivity contribution is 0.614. The van der Waals surface area contributed by atoms with Crippen LogP contribution < -0.4 is 11.1 Å². The second-order valence-corrected chi connectivity index (χ2v) is 4.68. The Bertz CT molecular complexity index is 566. The lowest BCUT2D eigenvalue weighted by Gasteiger charge is -2.18. The van der Waals surface area contributed by atoms with E-state index in [1.165, 1.54) is 6.07 Å². The Morgan fingerprint density at radius 1 is 1.16 bits per heavy atom. The Morgan fingerprint density at radius 2 is 1.89 bits per heavy atom. The second-order valence-electron chi connectivity index (χ2n) is 4.68. The average Bonchev–Trinajstić information content (AvgIpc) is 2.44. The van der Waals surface area contributed by atoms with Crippen molar-refractivity contribution in [3.8, 4) is 0 Å². The van der Waals surface area contributed by atoms with Crippen molar-refractivity contribution < 1.29 is 4.39 Å². The van der Waals surface area contributed by atoms with Crippen molar-refractivity contribution in [2.24, 2.45) is 5.73 Å². The van der Waals surface area contributed by atoms with Gasteiger partial charge in [-0.15, -0.1) is 0 Å². The molecule has 0 aliphatic carbocycles. The molecule has 0 saturated carbocycles. The summed E-state index contributed by atoms with van der Waals surface area (Å²) < 4.78 is 13.4. The van der Waals surface area contributed by atoms with Gasteiger partial charge in [-0.25, -0.2) is 4.39 Å². The fraction of sp³-hybridized carbons (Fsp3) is 0.250. The molecule has 0 radical (unpaired) electrons. The zero-order valence-corrected chi connectivity index (χ0v) is 11.3. The van der Waals surface area contributed by atoms with Gasteiger partial charge in [-0.2, -0.15) is 0 Å². The normalized spacial score (nSPS) is 12.4. The van der Waals surface area contributed by atoms with Crippen molar-refractivity contribution in [2.45, 2.75) is 19.5 Å². The molecule has 0 saturated heterocycles. The van der Waals surface area contributed by atoms with Crippen LogP contribution in [0.1, 0.15) is 28.3 Å². The first-order valence-corrected chi connectivity index (χ1v) is 6.38. The molecule has 1 atom stereocenters. The maximum absolute atomic E-state index is 13.4. The summed E-state index contributed by atoms with van der Waals surface area (Å²) in [7, 11) is 1.90. The number of benzene rings is 2. The molecule has 0 spiro atoms. The molecule has 1 unspecified atom stereocenters. The summed E-state index contributed by atoms with van der Waals surface area (Å²) in [5.41, 5.74) is 9.61. The Hall–Kier alpha value is -1.71. The Balaban J connectivity index is 2.40. The van der Waals surface area contributed by atoms with Crippen LogP contribution in [0.5, 0.6) is 0 Å². The Kier molecular flexibility index (Phi) is 4.30. The highest BCUT2D eigenvalue weighted by Gasteiger charge is 2.13. The molecule has 19 heavy (non-hydrogen) atoms. The molecule has 2 nitrogen and oxygen atoms in total. The topological polar surface area (TPSA) is 38.0 Å². The zero-order chi connectivity index (χ0) is 13.8. The van der Waals surface area contributed by atoms with Gasteiger partial charge in [0.05, 0.1) is 6.04 Å². The van der Waals surface area contributed by atoms with Crippen molar-refractivity contribution in [2.75, 3.05) is 7.05 Å². The van der Waals surface area contributed by atoms with Crippen LogP contribution in [0.2, 0.25) is 0 Å². The Morgan fingerprint density at radius 3 is 2.53 bits per heavy atom. The van der Waals surface area contributed by atoms with Crippen LogP contribution in [-0.2, 0) is 6.54 Å². The van der Waals surface area contributed by atoms with E-state index in [-0.39, 0.29) is 11.9 Å². The lowest BCUT2D eigenvalue weighted by atomic mass is 9.96. The molecule has 2 aromatic carbocycles. The van der Waals surface area contributed by atoms with Gasteiger partial charge in [-0.3, -0.25) is 0 Å². The maximum Gasteiger partial charge on any atom is 0.126 e. The number of aryl methyl sites for hydroxylation is 1. The molecule has 0 bridgehead atoms. The van der Waals surface area contributed by atoms with Crippen LogP contribution >= 0.6 is 0 Å². The number of rotatable bonds is 4. The van der Waals surface area contributed by atoms with Crippen molar-refractivity contribution in [3.05, 3.63) is 70.5 Å². The Labute approximate surface area is 113 Å². The van der Waals surface area contributed by atoms with Crippen LogP contribution in [0.25, 0.3) is 0 Å². The van der Waals surface area contributed by atoms with Gasteiger partial charge in [0.15, 0.2) is 0 Å². The van der Waals surface area contributed by atoms with E-state index >= 15 is 0 Å². The molecular formula is C16H19FN2. The number of hydrogen-bond acceptors (Lipinski definition) is 2. The summed E-state index contributed by atoms with van der Waals surface area (Å²) in [6.07, 6.45) is 0. The lowest BCUT2D eigenvalue weighted by Crippen LogP contribution is -2.18. The summed E-state index contributed by atoms with van der Waals surface area (Å²) in [6.45, 7) is 2.30. The molecule has 0 aromatic heterocycles. The first-order chi connectivity index (χ1) is 9.15. The van der Waals surface area contributed by atoms with E-state index in [0.717, 1.165) is 16.7 Å². The molecular weight excluding hydrogens is 239 g/mol. The van der Waals surface area contributed by atoms with E-state index in [4.69, 9.17) is 5.73 Å². The quantitative estimate of drug-likeness (QED) is 0.885. The number of halogens is 1. The summed E-state index contributed by atoms with van der Waals surface area (Å²) in [5.74, 6) is -0.172. The van der Waals surface area contributed by atoms with Gasteiger partial charge in [0, 0.05) is 6.54 Å². The third-order valence-corrected chi connectivity index (χ3v) is 3.32. The molecule has 0 aliphatic heterocycles.